The molecule has 40 heavy (non-hydrogen) atoms. The number of hydrogen-bond acceptors (Lipinski definition) is 8. The second-order valence-electron chi connectivity index (χ2n) is 8.48. The van der Waals surface area contributed by atoms with Crippen molar-refractivity contribution in [1.29, 1.82) is 0 Å². The molecule has 0 saturated carbocycles. The highest BCUT2D eigenvalue weighted by atomic mass is 35.5. The smallest absolute Gasteiger partial charge is 0.287 e. The minimum atomic E-state index is -0.757. The fourth-order valence-corrected chi connectivity index (χ4v) is 4.18. The van der Waals surface area contributed by atoms with Gasteiger partial charge in [0.2, 0.25) is 6.79 Å². The first kappa shape index (κ1) is 28.1. The number of benzene rings is 3. The Bertz CT molecular complexity index is 1490. The number of ether oxygens (including phenoxy) is 2. The number of carbonyl (C=O) groups is 2. The highest BCUT2D eigenvalue weighted by molar-refractivity contribution is 6.34. The predicted molar refractivity (Wildman–Crippen MR) is 152 cm³/mol. The molecular weight excluding hydrogens is 538 g/mol. The van der Waals surface area contributed by atoms with Crippen LogP contribution in [0.5, 0.6) is 11.5 Å². The molecule has 1 aliphatic rings. The Morgan fingerprint density at radius 3 is 2.40 bits per heavy atom. The first-order valence-electron chi connectivity index (χ1n) is 12.3. The average Bonchev–Trinajstić information content (AvgIpc) is 3.41. The van der Waals surface area contributed by atoms with Gasteiger partial charge >= 0.3 is 0 Å². The molecule has 0 bridgehead atoms. The predicted octanol–water partition coefficient (Wildman–Crippen LogP) is 4.74. The molecule has 0 aliphatic carbocycles. The van der Waals surface area contributed by atoms with Gasteiger partial charge in [0.25, 0.3) is 17.5 Å². The van der Waals surface area contributed by atoms with Gasteiger partial charge in [-0.3, -0.25) is 19.7 Å². The van der Waals surface area contributed by atoms with E-state index in [4.69, 9.17) is 21.1 Å². The summed E-state index contributed by atoms with van der Waals surface area (Å²) >= 11 is 6.17. The van der Waals surface area contributed by atoms with Gasteiger partial charge in [-0.15, -0.1) is 0 Å². The number of hydrogen-bond donors (Lipinski definition) is 2. The molecule has 0 aromatic heterocycles. The zero-order valence-electron chi connectivity index (χ0n) is 21.7. The Morgan fingerprint density at radius 2 is 1.75 bits per heavy atom. The van der Waals surface area contributed by atoms with Crippen LogP contribution in [0.1, 0.15) is 35.3 Å². The number of nitrogens with zero attached hydrogens (tertiary/aromatic N) is 3. The zero-order chi connectivity index (χ0) is 28.6. The molecule has 1 heterocycles. The third kappa shape index (κ3) is 6.56. The third-order valence-corrected chi connectivity index (χ3v) is 6.36. The summed E-state index contributed by atoms with van der Waals surface area (Å²) in [5.41, 5.74) is 3.86. The number of nitro groups is 1. The lowest BCUT2D eigenvalue weighted by atomic mass is 10.1. The van der Waals surface area contributed by atoms with Gasteiger partial charge in [0.1, 0.15) is 5.70 Å². The molecule has 11 nitrogen and oxygen atoms in total. The standard InChI is InChI=1S/C28H26ClN5O6/c1-3-33(4-2)20-11-9-18(10-12-20)13-23(31-27(35)21-7-5-6-8-22(21)29)28(36)32-30-16-19-14-25-26(40-17-39-25)15-24(19)34(37)38/h5-16H,3-4,17H2,1-2H3,(H,31,35)(H,32,36)/b23-13+,30-16-. The first-order valence-corrected chi connectivity index (χ1v) is 12.7. The second kappa shape index (κ2) is 12.8. The number of nitrogens with one attached hydrogen (secondary N) is 2. The van der Waals surface area contributed by atoms with Gasteiger partial charge in [-0.2, -0.15) is 5.10 Å². The summed E-state index contributed by atoms with van der Waals surface area (Å²) in [6.45, 7) is 5.74. The van der Waals surface area contributed by atoms with Crippen molar-refractivity contribution >= 4 is 47.1 Å². The molecule has 4 rings (SSSR count). The van der Waals surface area contributed by atoms with Gasteiger partial charge in [-0.05, 0) is 55.8 Å². The lowest BCUT2D eigenvalue weighted by Crippen LogP contribution is -2.33. The maximum Gasteiger partial charge on any atom is 0.287 e. The molecular formula is C28H26ClN5O6. The molecule has 0 saturated heterocycles. The number of fused-ring (bicyclic) bond motifs is 1. The number of amides is 2. The largest absolute Gasteiger partial charge is 0.454 e. The van der Waals surface area contributed by atoms with E-state index < -0.39 is 16.7 Å². The minimum absolute atomic E-state index is 0.0565. The van der Waals surface area contributed by atoms with E-state index in [-0.39, 0.29) is 40.1 Å². The summed E-state index contributed by atoms with van der Waals surface area (Å²) in [6.07, 6.45) is 2.61. The maximum absolute atomic E-state index is 13.1. The highest BCUT2D eigenvalue weighted by Crippen LogP contribution is 2.37. The fourth-order valence-electron chi connectivity index (χ4n) is 3.96. The van der Waals surface area contributed by atoms with Crippen molar-refractivity contribution in [3.05, 3.63) is 98.2 Å². The summed E-state index contributed by atoms with van der Waals surface area (Å²) in [7, 11) is 0. The van der Waals surface area contributed by atoms with Gasteiger partial charge in [-0.25, -0.2) is 5.43 Å². The van der Waals surface area contributed by atoms with Crippen LogP contribution in [0.2, 0.25) is 5.02 Å². The molecule has 2 N–H and O–H groups in total. The highest BCUT2D eigenvalue weighted by Gasteiger charge is 2.23. The number of anilines is 1. The van der Waals surface area contributed by atoms with Crippen molar-refractivity contribution in [3.63, 3.8) is 0 Å². The maximum atomic E-state index is 13.1. The molecule has 0 atom stereocenters. The van der Waals surface area contributed by atoms with E-state index in [2.05, 4.69) is 34.6 Å². The molecule has 3 aromatic rings. The second-order valence-corrected chi connectivity index (χ2v) is 8.88. The van der Waals surface area contributed by atoms with E-state index in [9.17, 15) is 19.7 Å². The Kier molecular flexibility index (Phi) is 8.97. The van der Waals surface area contributed by atoms with Crippen molar-refractivity contribution in [1.82, 2.24) is 10.7 Å². The van der Waals surface area contributed by atoms with Crippen molar-refractivity contribution < 1.29 is 24.0 Å². The van der Waals surface area contributed by atoms with E-state index in [1.54, 1.807) is 18.2 Å². The number of hydrazone groups is 1. The van der Waals surface area contributed by atoms with E-state index in [0.717, 1.165) is 25.0 Å². The Balaban J connectivity index is 1.60. The lowest BCUT2D eigenvalue weighted by molar-refractivity contribution is -0.385. The van der Waals surface area contributed by atoms with Gasteiger partial charge in [0, 0.05) is 18.8 Å². The van der Waals surface area contributed by atoms with E-state index >= 15 is 0 Å². The quantitative estimate of drug-likeness (QED) is 0.157. The molecule has 206 valence electrons. The lowest BCUT2D eigenvalue weighted by Gasteiger charge is -2.21. The summed E-state index contributed by atoms with van der Waals surface area (Å²) in [5.74, 6) is -0.790. The van der Waals surface area contributed by atoms with Crippen molar-refractivity contribution in [2.45, 2.75) is 13.8 Å². The van der Waals surface area contributed by atoms with Crippen LogP contribution in [0.25, 0.3) is 6.08 Å². The van der Waals surface area contributed by atoms with Gasteiger partial charge in [-0.1, -0.05) is 35.9 Å². The van der Waals surface area contributed by atoms with Crippen LogP contribution in [-0.4, -0.2) is 42.8 Å². The Hall–Kier alpha value is -4.90. The first-order chi connectivity index (χ1) is 19.3. The van der Waals surface area contributed by atoms with Gasteiger partial charge in [0.15, 0.2) is 11.5 Å². The Labute approximate surface area is 235 Å². The van der Waals surface area contributed by atoms with E-state index in [0.29, 0.717) is 11.3 Å². The minimum Gasteiger partial charge on any atom is -0.454 e. The van der Waals surface area contributed by atoms with Crippen LogP contribution < -0.4 is 25.1 Å². The van der Waals surface area contributed by atoms with Crippen molar-refractivity contribution in [2.75, 3.05) is 24.8 Å². The monoisotopic (exact) mass is 563 g/mol. The van der Waals surface area contributed by atoms with E-state index in [1.165, 1.54) is 24.3 Å². The van der Waals surface area contributed by atoms with Crippen molar-refractivity contribution in [3.8, 4) is 11.5 Å². The van der Waals surface area contributed by atoms with Crippen LogP contribution in [0.15, 0.2) is 71.5 Å². The summed E-state index contributed by atoms with van der Waals surface area (Å²) in [5, 5.41) is 18.2. The number of carbonyl (C=O) groups excluding carboxylic acids is 2. The van der Waals surface area contributed by atoms with Crippen LogP contribution in [-0.2, 0) is 4.79 Å². The molecule has 0 spiro atoms. The molecule has 0 radical (unpaired) electrons. The molecule has 1 aliphatic heterocycles. The van der Waals surface area contributed by atoms with Gasteiger partial charge in [0.05, 0.1) is 33.4 Å². The summed E-state index contributed by atoms with van der Waals surface area (Å²) in [4.78, 5) is 39.2. The van der Waals surface area contributed by atoms with E-state index in [1.807, 2.05) is 24.3 Å². The van der Waals surface area contributed by atoms with Crippen LogP contribution >= 0.6 is 11.6 Å². The number of nitro benzene ring substituents is 1. The SMILES string of the molecule is CCN(CC)c1ccc(/C=C(/NC(=O)c2ccccc2Cl)C(=O)N/N=C\c2cc3c(cc2[N+](=O)[O-])OCO3)cc1. The van der Waals surface area contributed by atoms with Crippen LogP contribution in [0.3, 0.4) is 0 Å². The Morgan fingerprint density at radius 1 is 1.07 bits per heavy atom. The van der Waals surface area contributed by atoms with Crippen LogP contribution in [0.4, 0.5) is 11.4 Å². The molecule has 0 fully saturated rings. The normalized spacial score (nSPS) is 12.3. The molecule has 12 heteroatoms. The molecule has 3 aromatic carbocycles. The molecule has 0 unspecified atom stereocenters. The van der Waals surface area contributed by atoms with Crippen molar-refractivity contribution in [2.24, 2.45) is 5.10 Å². The third-order valence-electron chi connectivity index (χ3n) is 6.03. The number of halogens is 1. The molecule has 2 amide bonds. The number of rotatable bonds is 10. The summed E-state index contributed by atoms with van der Waals surface area (Å²) < 4.78 is 10.5. The zero-order valence-corrected chi connectivity index (χ0v) is 22.5. The average molecular weight is 564 g/mol. The topological polar surface area (TPSA) is 135 Å². The fraction of sp³-hybridized carbons (Fsp3) is 0.179. The summed E-state index contributed by atoms with van der Waals surface area (Å²) in [6, 6.07) is 16.5. The van der Waals surface area contributed by atoms with Gasteiger partial charge < -0.3 is 19.7 Å². The van der Waals surface area contributed by atoms with Crippen LogP contribution in [0, 0.1) is 10.1 Å².